The molecule has 1 atom stereocenters. The average molecular weight is 226 g/mol. The molecule has 0 aliphatic heterocycles. The largest absolute Gasteiger partial charge is 0.381 e. The van der Waals surface area contributed by atoms with Gasteiger partial charge in [-0.05, 0) is 17.7 Å². The van der Waals surface area contributed by atoms with Gasteiger partial charge in [-0.2, -0.15) is 0 Å². The molecule has 1 N–H and O–H groups in total. The number of aliphatic hydroxyl groups excluding tert-OH is 1. The SMILES string of the molecule is OC(c1cccc(Cl)c1)c1nccs1. The van der Waals surface area contributed by atoms with Crippen LogP contribution in [0.4, 0.5) is 0 Å². The zero-order valence-corrected chi connectivity index (χ0v) is 8.79. The van der Waals surface area contributed by atoms with Gasteiger partial charge in [-0.15, -0.1) is 11.3 Å². The molecule has 1 aromatic carbocycles. The van der Waals surface area contributed by atoms with Gasteiger partial charge in [-0.1, -0.05) is 23.7 Å². The summed E-state index contributed by atoms with van der Waals surface area (Å²) in [7, 11) is 0. The first-order valence-corrected chi connectivity index (χ1v) is 5.36. The number of hydrogen-bond donors (Lipinski definition) is 1. The number of nitrogens with zero attached hydrogens (tertiary/aromatic N) is 1. The van der Waals surface area contributed by atoms with E-state index < -0.39 is 6.10 Å². The molecule has 1 heterocycles. The van der Waals surface area contributed by atoms with Gasteiger partial charge in [0.15, 0.2) is 0 Å². The van der Waals surface area contributed by atoms with Gasteiger partial charge in [-0.3, -0.25) is 0 Å². The van der Waals surface area contributed by atoms with Crippen LogP contribution in [0.3, 0.4) is 0 Å². The number of aromatic nitrogens is 1. The second kappa shape index (κ2) is 4.09. The van der Waals surface area contributed by atoms with Crippen molar-refractivity contribution in [3.05, 3.63) is 51.4 Å². The molecule has 72 valence electrons. The molecule has 4 heteroatoms. The van der Waals surface area contributed by atoms with E-state index in [1.165, 1.54) is 11.3 Å². The highest BCUT2D eigenvalue weighted by Gasteiger charge is 2.12. The second-order valence-electron chi connectivity index (χ2n) is 2.83. The highest BCUT2D eigenvalue weighted by Crippen LogP contribution is 2.25. The Morgan fingerprint density at radius 2 is 2.29 bits per heavy atom. The molecular formula is C10H8ClNOS. The minimum atomic E-state index is -0.673. The normalized spacial score (nSPS) is 12.7. The lowest BCUT2D eigenvalue weighted by molar-refractivity contribution is 0.220. The van der Waals surface area contributed by atoms with Gasteiger partial charge in [0, 0.05) is 16.6 Å². The van der Waals surface area contributed by atoms with Crippen molar-refractivity contribution in [3.8, 4) is 0 Å². The van der Waals surface area contributed by atoms with E-state index >= 15 is 0 Å². The maximum Gasteiger partial charge on any atom is 0.131 e. The standard InChI is InChI=1S/C10H8ClNOS/c11-8-3-1-2-7(6-8)9(13)10-12-4-5-14-10/h1-6,9,13H. The Kier molecular flexibility index (Phi) is 2.82. The first kappa shape index (κ1) is 9.65. The minimum Gasteiger partial charge on any atom is -0.381 e. The molecule has 0 bridgehead atoms. The zero-order chi connectivity index (χ0) is 9.97. The summed E-state index contributed by atoms with van der Waals surface area (Å²) in [5, 5.41) is 13.0. The Hall–Kier alpha value is -0.900. The summed E-state index contributed by atoms with van der Waals surface area (Å²) >= 11 is 7.25. The molecule has 2 nitrogen and oxygen atoms in total. The zero-order valence-electron chi connectivity index (χ0n) is 7.22. The molecule has 0 amide bonds. The van der Waals surface area contributed by atoms with Crippen LogP contribution in [-0.4, -0.2) is 10.1 Å². The quantitative estimate of drug-likeness (QED) is 0.853. The lowest BCUT2D eigenvalue weighted by Gasteiger charge is -2.07. The van der Waals surface area contributed by atoms with Crippen LogP contribution >= 0.6 is 22.9 Å². The number of benzene rings is 1. The maximum absolute atomic E-state index is 9.89. The first-order valence-electron chi connectivity index (χ1n) is 4.10. The predicted octanol–water partition coefficient (Wildman–Crippen LogP) is 2.88. The average Bonchev–Trinajstić information content (AvgIpc) is 2.69. The Morgan fingerprint density at radius 3 is 2.93 bits per heavy atom. The van der Waals surface area contributed by atoms with Gasteiger partial charge in [0.2, 0.25) is 0 Å². The molecule has 2 rings (SSSR count). The number of aliphatic hydroxyl groups is 1. The van der Waals surface area contributed by atoms with E-state index in [1.807, 2.05) is 17.5 Å². The molecule has 2 aromatic rings. The smallest absolute Gasteiger partial charge is 0.131 e. The minimum absolute atomic E-state index is 0.623. The fourth-order valence-corrected chi connectivity index (χ4v) is 2.04. The third kappa shape index (κ3) is 1.95. The van der Waals surface area contributed by atoms with Crippen LogP contribution in [0.5, 0.6) is 0 Å². The summed E-state index contributed by atoms with van der Waals surface area (Å²) in [6, 6.07) is 7.17. The molecule has 14 heavy (non-hydrogen) atoms. The van der Waals surface area contributed by atoms with E-state index in [4.69, 9.17) is 11.6 Å². The molecule has 0 aliphatic carbocycles. The van der Waals surface area contributed by atoms with Gasteiger partial charge in [0.05, 0.1) is 0 Å². The Balaban J connectivity index is 2.32. The molecule has 0 spiro atoms. The number of hydrogen-bond acceptors (Lipinski definition) is 3. The third-order valence-corrected chi connectivity index (χ3v) is 2.91. The van der Waals surface area contributed by atoms with Crippen molar-refractivity contribution in [1.29, 1.82) is 0 Å². The van der Waals surface area contributed by atoms with Gasteiger partial charge in [-0.25, -0.2) is 4.98 Å². The maximum atomic E-state index is 9.89. The van der Waals surface area contributed by atoms with Gasteiger partial charge in [0.25, 0.3) is 0 Å². The molecule has 1 unspecified atom stereocenters. The molecule has 0 aliphatic rings. The Bertz CT molecular complexity index is 416. The van der Waals surface area contributed by atoms with Gasteiger partial charge >= 0.3 is 0 Å². The summed E-state index contributed by atoms with van der Waals surface area (Å²) in [6.07, 6.45) is 1.00. The second-order valence-corrected chi connectivity index (χ2v) is 4.19. The van der Waals surface area contributed by atoms with E-state index in [9.17, 15) is 5.11 Å². The van der Waals surface area contributed by atoms with E-state index in [2.05, 4.69) is 4.98 Å². The van der Waals surface area contributed by atoms with Crippen molar-refractivity contribution in [3.63, 3.8) is 0 Å². The topological polar surface area (TPSA) is 33.1 Å². The van der Waals surface area contributed by atoms with Crippen molar-refractivity contribution in [2.45, 2.75) is 6.10 Å². The monoisotopic (exact) mass is 225 g/mol. The third-order valence-electron chi connectivity index (χ3n) is 1.85. The van der Waals surface area contributed by atoms with Crippen LogP contribution in [0.15, 0.2) is 35.8 Å². The summed E-state index contributed by atoms with van der Waals surface area (Å²) in [5.74, 6) is 0. The summed E-state index contributed by atoms with van der Waals surface area (Å²) in [4.78, 5) is 4.05. The molecule has 0 radical (unpaired) electrons. The summed E-state index contributed by atoms with van der Waals surface area (Å²) in [5.41, 5.74) is 0.771. The lowest BCUT2D eigenvalue weighted by Crippen LogP contribution is -1.98. The van der Waals surface area contributed by atoms with Crippen LogP contribution in [0.1, 0.15) is 16.7 Å². The Labute approximate surface area is 90.8 Å². The van der Waals surface area contributed by atoms with Crippen LogP contribution in [0.2, 0.25) is 5.02 Å². The van der Waals surface area contributed by atoms with Crippen LogP contribution < -0.4 is 0 Å². The number of rotatable bonds is 2. The fourth-order valence-electron chi connectivity index (χ4n) is 1.19. The van der Waals surface area contributed by atoms with Crippen LogP contribution in [-0.2, 0) is 0 Å². The van der Waals surface area contributed by atoms with Crippen molar-refractivity contribution in [1.82, 2.24) is 4.98 Å². The first-order chi connectivity index (χ1) is 6.77. The highest BCUT2D eigenvalue weighted by molar-refractivity contribution is 7.09. The molecule has 0 saturated heterocycles. The number of thiazole rings is 1. The summed E-state index contributed by atoms with van der Waals surface area (Å²) < 4.78 is 0. The summed E-state index contributed by atoms with van der Waals surface area (Å²) in [6.45, 7) is 0. The highest BCUT2D eigenvalue weighted by atomic mass is 35.5. The van der Waals surface area contributed by atoms with Crippen LogP contribution in [0.25, 0.3) is 0 Å². The number of halogens is 1. The van der Waals surface area contributed by atoms with Crippen molar-refractivity contribution >= 4 is 22.9 Å². The van der Waals surface area contributed by atoms with Crippen molar-refractivity contribution in [2.24, 2.45) is 0 Å². The van der Waals surface area contributed by atoms with E-state index in [0.29, 0.717) is 10.0 Å². The van der Waals surface area contributed by atoms with Crippen LogP contribution in [0, 0.1) is 0 Å². The predicted molar refractivity (Wildman–Crippen MR) is 57.6 cm³/mol. The Morgan fingerprint density at radius 1 is 1.43 bits per heavy atom. The van der Waals surface area contributed by atoms with Crippen molar-refractivity contribution in [2.75, 3.05) is 0 Å². The van der Waals surface area contributed by atoms with E-state index in [0.717, 1.165) is 5.56 Å². The molecular weight excluding hydrogens is 218 g/mol. The molecule has 1 aromatic heterocycles. The van der Waals surface area contributed by atoms with Crippen molar-refractivity contribution < 1.29 is 5.11 Å². The fraction of sp³-hybridized carbons (Fsp3) is 0.100. The van der Waals surface area contributed by atoms with Gasteiger partial charge < -0.3 is 5.11 Å². The molecule has 0 saturated carbocycles. The molecule has 0 fully saturated rings. The van der Waals surface area contributed by atoms with E-state index in [-0.39, 0.29) is 0 Å². The van der Waals surface area contributed by atoms with E-state index in [1.54, 1.807) is 18.3 Å². The lowest BCUT2D eigenvalue weighted by atomic mass is 10.1. The van der Waals surface area contributed by atoms with Gasteiger partial charge in [0.1, 0.15) is 11.1 Å².